The maximum Gasteiger partial charge on any atom is 0.285 e. The summed E-state index contributed by atoms with van der Waals surface area (Å²) in [4.78, 5) is 17.6. The van der Waals surface area contributed by atoms with Gasteiger partial charge in [-0.25, -0.2) is 0 Å². The molecule has 0 aromatic heterocycles. The highest BCUT2D eigenvalue weighted by Crippen LogP contribution is 2.30. The van der Waals surface area contributed by atoms with Gasteiger partial charge in [-0.05, 0) is 74.5 Å². The summed E-state index contributed by atoms with van der Waals surface area (Å²) in [6.45, 7) is 6.81. The van der Waals surface area contributed by atoms with Gasteiger partial charge in [-0.2, -0.15) is 8.42 Å². The Labute approximate surface area is 201 Å². The first-order valence-corrected chi connectivity index (χ1v) is 13.6. The Bertz CT molecular complexity index is 1180. The average Bonchev–Trinajstić information content (AvgIpc) is 3.13. The second-order valence-electron chi connectivity index (χ2n) is 9.79. The number of rotatable bonds is 4. The van der Waals surface area contributed by atoms with Gasteiger partial charge >= 0.3 is 0 Å². The van der Waals surface area contributed by atoms with Gasteiger partial charge in [-0.15, -0.1) is 4.40 Å². The van der Waals surface area contributed by atoms with E-state index in [4.69, 9.17) is 0 Å². The third kappa shape index (κ3) is 4.88. The van der Waals surface area contributed by atoms with Crippen LogP contribution in [0.2, 0.25) is 0 Å². The number of likely N-dealkylation sites (tertiary alicyclic amines) is 2. The molecule has 180 valence electrons. The molecule has 34 heavy (non-hydrogen) atoms. The van der Waals surface area contributed by atoms with E-state index >= 15 is 0 Å². The van der Waals surface area contributed by atoms with E-state index in [1.807, 2.05) is 23.1 Å². The van der Waals surface area contributed by atoms with Crippen molar-refractivity contribution in [2.45, 2.75) is 44.0 Å². The number of sulfonamides is 1. The molecule has 1 N–H and O–H groups in total. The van der Waals surface area contributed by atoms with Crippen molar-refractivity contribution in [3.05, 3.63) is 59.7 Å². The number of benzene rings is 2. The maximum absolute atomic E-state index is 12.9. The SMILES string of the molecule is CC1CCN(Cc2ccc(NC(=O)C3CCN(C4=NS(=O)(=O)c5ccccc54)CC3)cc2)CC1. The lowest BCUT2D eigenvalue weighted by molar-refractivity contribution is -0.120. The lowest BCUT2D eigenvalue weighted by Crippen LogP contribution is -2.41. The van der Waals surface area contributed by atoms with E-state index in [-0.39, 0.29) is 16.7 Å². The summed E-state index contributed by atoms with van der Waals surface area (Å²) in [6, 6.07) is 15.1. The minimum atomic E-state index is -3.63. The van der Waals surface area contributed by atoms with Crippen LogP contribution >= 0.6 is 0 Å². The number of piperidine rings is 2. The highest BCUT2D eigenvalue weighted by molar-refractivity contribution is 7.90. The third-order valence-corrected chi connectivity index (χ3v) is 8.61. The van der Waals surface area contributed by atoms with Crippen LogP contribution < -0.4 is 5.32 Å². The second-order valence-corrected chi connectivity index (χ2v) is 11.4. The number of hydrogen-bond acceptors (Lipinski definition) is 5. The molecule has 0 unspecified atom stereocenters. The first kappa shape index (κ1) is 23.1. The van der Waals surface area contributed by atoms with Crippen LogP contribution in [0.25, 0.3) is 0 Å². The summed E-state index contributed by atoms with van der Waals surface area (Å²) in [5.41, 5.74) is 2.75. The molecule has 5 rings (SSSR count). The first-order chi connectivity index (χ1) is 16.4. The number of nitrogens with one attached hydrogen (secondary N) is 1. The van der Waals surface area contributed by atoms with Crippen LogP contribution in [0.5, 0.6) is 0 Å². The van der Waals surface area contributed by atoms with Gasteiger partial charge < -0.3 is 10.2 Å². The quantitative estimate of drug-likeness (QED) is 0.721. The molecule has 2 saturated heterocycles. The minimum Gasteiger partial charge on any atom is -0.355 e. The summed E-state index contributed by atoms with van der Waals surface area (Å²) in [7, 11) is -3.63. The van der Waals surface area contributed by atoms with E-state index in [1.54, 1.807) is 18.2 Å². The van der Waals surface area contributed by atoms with Crippen LogP contribution in [0, 0.1) is 11.8 Å². The Balaban J connectivity index is 1.14. The van der Waals surface area contributed by atoms with Crippen molar-refractivity contribution in [2.24, 2.45) is 16.2 Å². The number of fused-ring (bicyclic) bond motifs is 1. The highest BCUT2D eigenvalue weighted by Gasteiger charge is 2.34. The van der Waals surface area contributed by atoms with Gasteiger partial charge in [0.05, 0.1) is 0 Å². The van der Waals surface area contributed by atoms with E-state index in [0.29, 0.717) is 37.3 Å². The number of amides is 1. The van der Waals surface area contributed by atoms with Gasteiger partial charge in [0.2, 0.25) is 5.91 Å². The zero-order chi connectivity index (χ0) is 23.7. The van der Waals surface area contributed by atoms with Crippen molar-refractivity contribution in [3.63, 3.8) is 0 Å². The molecule has 7 nitrogen and oxygen atoms in total. The van der Waals surface area contributed by atoms with Crippen LogP contribution in [0.4, 0.5) is 5.69 Å². The summed E-state index contributed by atoms with van der Waals surface area (Å²) in [6.07, 6.45) is 3.86. The molecule has 0 spiro atoms. The Morgan fingerprint density at radius 1 is 0.971 bits per heavy atom. The molecule has 2 aromatic carbocycles. The largest absolute Gasteiger partial charge is 0.355 e. The molecule has 3 heterocycles. The van der Waals surface area contributed by atoms with Crippen LogP contribution in [0.1, 0.15) is 43.7 Å². The molecule has 0 atom stereocenters. The number of carbonyl (C=O) groups is 1. The molecule has 3 aliphatic heterocycles. The zero-order valence-corrected chi connectivity index (χ0v) is 20.4. The number of anilines is 1. The van der Waals surface area contributed by atoms with Crippen molar-refractivity contribution in [1.82, 2.24) is 9.80 Å². The van der Waals surface area contributed by atoms with E-state index in [1.165, 1.54) is 18.4 Å². The summed E-state index contributed by atoms with van der Waals surface area (Å²) >= 11 is 0. The summed E-state index contributed by atoms with van der Waals surface area (Å²) in [5.74, 6) is 1.27. The molecular weight excluding hydrogens is 448 g/mol. The molecule has 3 aliphatic rings. The van der Waals surface area contributed by atoms with E-state index in [9.17, 15) is 13.2 Å². The lowest BCUT2D eigenvalue weighted by atomic mass is 9.95. The second kappa shape index (κ2) is 9.50. The number of carbonyl (C=O) groups excluding carboxylic acids is 1. The van der Waals surface area contributed by atoms with Gasteiger partial charge in [0, 0.05) is 36.8 Å². The maximum atomic E-state index is 12.9. The minimum absolute atomic E-state index is 0.0267. The average molecular weight is 481 g/mol. The van der Waals surface area contributed by atoms with Crippen molar-refractivity contribution >= 4 is 27.5 Å². The number of amidine groups is 1. The Morgan fingerprint density at radius 3 is 2.35 bits per heavy atom. The Hall–Kier alpha value is -2.71. The Kier molecular flexibility index (Phi) is 6.44. The lowest BCUT2D eigenvalue weighted by Gasteiger charge is -2.32. The molecular formula is C26H32N4O3S. The predicted octanol–water partition coefficient (Wildman–Crippen LogP) is 3.72. The molecule has 0 radical (unpaired) electrons. The van der Waals surface area contributed by atoms with Gasteiger partial charge in [0.1, 0.15) is 4.90 Å². The third-order valence-electron chi connectivity index (χ3n) is 7.28. The van der Waals surface area contributed by atoms with Crippen molar-refractivity contribution < 1.29 is 13.2 Å². The van der Waals surface area contributed by atoms with Crippen LogP contribution in [-0.2, 0) is 21.4 Å². The van der Waals surface area contributed by atoms with Crippen LogP contribution in [0.15, 0.2) is 57.8 Å². The van der Waals surface area contributed by atoms with Crippen LogP contribution in [-0.4, -0.2) is 56.1 Å². The van der Waals surface area contributed by atoms with Gasteiger partial charge in [-0.1, -0.05) is 31.2 Å². The number of hydrogen-bond donors (Lipinski definition) is 1. The normalized spacial score (nSPS) is 21.2. The van der Waals surface area contributed by atoms with E-state index in [2.05, 4.69) is 33.7 Å². The van der Waals surface area contributed by atoms with Crippen molar-refractivity contribution in [1.29, 1.82) is 0 Å². The molecule has 2 fully saturated rings. The Morgan fingerprint density at radius 2 is 1.65 bits per heavy atom. The molecule has 2 aromatic rings. The monoisotopic (exact) mass is 480 g/mol. The summed E-state index contributed by atoms with van der Waals surface area (Å²) in [5, 5.41) is 3.06. The number of nitrogens with zero attached hydrogens (tertiary/aromatic N) is 3. The molecule has 0 saturated carbocycles. The molecule has 0 aliphatic carbocycles. The standard InChI is InChI=1S/C26H32N4O3S/c1-19-10-14-29(15-11-19)18-20-6-8-22(9-7-20)27-26(31)21-12-16-30(17-13-21)25-23-4-2-3-5-24(23)34(32,33)28-25/h2-9,19,21H,10-18H2,1H3,(H,27,31). The smallest absolute Gasteiger partial charge is 0.285 e. The molecule has 0 bridgehead atoms. The topological polar surface area (TPSA) is 82.1 Å². The van der Waals surface area contributed by atoms with Gasteiger partial charge in [0.15, 0.2) is 5.84 Å². The van der Waals surface area contributed by atoms with Crippen molar-refractivity contribution in [2.75, 3.05) is 31.5 Å². The fraction of sp³-hybridized carbons (Fsp3) is 0.462. The fourth-order valence-electron chi connectivity index (χ4n) is 5.09. The molecule has 1 amide bonds. The fourth-order valence-corrected chi connectivity index (χ4v) is 6.31. The van der Waals surface area contributed by atoms with E-state index < -0.39 is 10.0 Å². The highest BCUT2D eigenvalue weighted by atomic mass is 32.2. The molecule has 8 heteroatoms. The van der Waals surface area contributed by atoms with Gasteiger partial charge in [0.25, 0.3) is 10.0 Å². The van der Waals surface area contributed by atoms with Crippen molar-refractivity contribution in [3.8, 4) is 0 Å². The van der Waals surface area contributed by atoms with Crippen LogP contribution in [0.3, 0.4) is 0 Å². The van der Waals surface area contributed by atoms with Gasteiger partial charge in [-0.3, -0.25) is 9.69 Å². The first-order valence-electron chi connectivity index (χ1n) is 12.2. The predicted molar refractivity (Wildman–Crippen MR) is 133 cm³/mol. The zero-order valence-electron chi connectivity index (χ0n) is 19.6. The van der Waals surface area contributed by atoms with E-state index in [0.717, 1.165) is 31.2 Å². The summed E-state index contributed by atoms with van der Waals surface area (Å²) < 4.78 is 28.7.